The van der Waals surface area contributed by atoms with Gasteiger partial charge in [-0.25, -0.2) is 0 Å². The number of hydrogen-bond acceptors (Lipinski definition) is 3. The van der Waals surface area contributed by atoms with Crippen LogP contribution in [-0.4, -0.2) is 26.1 Å². The van der Waals surface area contributed by atoms with Crippen molar-refractivity contribution in [3.8, 4) is 0 Å². The predicted octanol–water partition coefficient (Wildman–Crippen LogP) is 5.07. The van der Waals surface area contributed by atoms with Crippen LogP contribution >= 0.6 is 0 Å². The van der Waals surface area contributed by atoms with Gasteiger partial charge in [-0.3, -0.25) is 4.79 Å². The van der Waals surface area contributed by atoms with E-state index in [0.717, 1.165) is 50.2 Å². The Labute approximate surface area is 168 Å². The summed E-state index contributed by atoms with van der Waals surface area (Å²) in [4.78, 5) is 12.3. The highest BCUT2D eigenvalue weighted by Crippen LogP contribution is 2.27. The van der Waals surface area contributed by atoms with Gasteiger partial charge >= 0.3 is 0 Å². The number of benzene rings is 1. The second kappa shape index (κ2) is 10.9. The van der Waals surface area contributed by atoms with Crippen LogP contribution < -0.4 is 10.6 Å². The summed E-state index contributed by atoms with van der Waals surface area (Å²) in [5, 5.41) is 6.48. The number of piperidine rings is 1. The molecule has 1 saturated heterocycles. The zero-order chi connectivity index (χ0) is 19.6. The molecule has 28 heavy (non-hydrogen) atoms. The van der Waals surface area contributed by atoms with E-state index in [2.05, 4.69) is 41.0 Å². The summed E-state index contributed by atoms with van der Waals surface area (Å²) >= 11 is 0. The van der Waals surface area contributed by atoms with E-state index >= 15 is 0 Å². The average Bonchev–Trinajstić information content (AvgIpc) is 2.97. The molecule has 1 aliphatic carbocycles. The van der Waals surface area contributed by atoms with E-state index in [1.54, 1.807) is 7.11 Å². The number of carbonyl (C=O) groups is 1. The van der Waals surface area contributed by atoms with Crippen LogP contribution in [0.25, 0.3) is 0 Å². The summed E-state index contributed by atoms with van der Waals surface area (Å²) in [6.07, 6.45) is 15.0. The fourth-order valence-corrected chi connectivity index (χ4v) is 3.93. The normalized spacial score (nSPS) is 17.5. The first kappa shape index (κ1) is 20.4. The zero-order valence-corrected chi connectivity index (χ0v) is 16.9. The van der Waals surface area contributed by atoms with Gasteiger partial charge in [-0.15, -0.1) is 0 Å². The van der Waals surface area contributed by atoms with E-state index in [1.807, 2.05) is 18.2 Å². The van der Waals surface area contributed by atoms with Gasteiger partial charge in [0.25, 0.3) is 0 Å². The molecule has 0 spiro atoms. The topological polar surface area (TPSA) is 50.4 Å². The number of methoxy groups -OCH3 is 1. The van der Waals surface area contributed by atoms with Gasteiger partial charge in [0.15, 0.2) is 0 Å². The van der Waals surface area contributed by atoms with E-state index in [1.165, 1.54) is 24.0 Å². The molecule has 0 unspecified atom stereocenters. The lowest BCUT2D eigenvalue weighted by Crippen LogP contribution is -2.26. The quantitative estimate of drug-likeness (QED) is 0.619. The Kier molecular flexibility index (Phi) is 7.92. The minimum Gasteiger partial charge on any atom is -0.496 e. The molecule has 0 saturated carbocycles. The maximum atomic E-state index is 12.3. The van der Waals surface area contributed by atoms with Gasteiger partial charge in [-0.2, -0.15) is 0 Å². The minimum atomic E-state index is 0.0986. The number of allylic oxidation sites excluding steroid dienone is 5. The monoisotopic (exact) mass is 380 g/mol. The van der Waals surface area contributed by atoms with Crippen molar-refractivity contribution >= 4 is 11.6 Å². The Balaban J connectivity index is 1.43. The molecular formula is C24H32N2O2. The third-order valence-electron chi connectivity index (χ3n) is 5.50. The number of ether oxygens (including phenoxy) is 1. The summed E-state index contributed by atoms with van der Waals surface area (Å²) in [6.45, 7) is 2.15. The molecular weight excluding hydrogens is 348 g/mol. The number of carbonyl (C=O) groups excluding carboxylic acids is 1. The molecule has 0 aromatic heterocycles. The highest BCUT2D eigenvalue weighted by Gasteiger charge is 2.15. The van der Waals surface area contributed by atoms with Gasteiger partial charge in [-0.05, 0) is 86.9 Å². The van der Waals surface area contributed by atoms with Crippen molar-refractivity contribution in [1.29, 1.82) is 0 Å². The number of amides is 1. The van der Waals surface area contributed by atoms with Crippen molar-refractivity contribution < 1.29 is 9.53 Å². The molecule has 2 N–H and O–H groups in total. The first-order valence-electron chi connectivity index (χ1n) is 10.5. The van der Waals surface area contributed by atoms with Crippen LogP contribution in [0.3, 0.4) is 0 Å². The maximum absolute atomic E-state index is 12.3. The van der Waals surface area contributed by atoms with Gasteiger partial charge in [0.2, 0.25) is 5.91 Å². The van der Waals surface area contributed by atoms with Crippen molar-refractivity contribution in [1.82, 2.24) is 5.32 Å². The first-order valence-corrected chi connectivity index (χ1v) is 10.5. The molecule has 1 heterocycles. The van der Waals surface area contributed by atoms with Crippen LogP contribution in [0.5, 0.6) is 0 Å². The van der Waals surface area contributed by atoms with Crippen molar-refractivity contribution in [2.75, 3.05) is 25.5 Å². The van der Waals surface area contributed by atoms with Crippen LogP contribution in [0.4, 0.5) is 5.69 Å². The van der Waals surface area contributed by atoms with Gasteiger partial charge < -0.3 is 15.4 Å². The lowest BCUT2D eigenvalue weighted by Gasteiger charge is -2.23. The molecule has 1 aromatic rings. The van der Waals surface area contributed by atoms with E-state index in [4.69, 9.17) is 4.74 Å². The van der Waals surface area contributed by atoms with Gasteiger partial charge in [0.1, 0.15) is 5.76 Å². The third kappa shape index (κ3) is 6.10. The SMILES string of the molecule is COC1=CC=CCC=C1CCCCC(=O)Nc1cccc(C2CCNCC2)c1. The molecule has 1 aliphatic heterocycles. The number of unbranched alkanes of at least 4 members (excludes halogenated alkanes) is 1. The lowest BCUT2D eigenvalue weighted by molar-refractivity contribution is -0.116. The van der Waals surface area contributed by atoms with Gasteiger partial charge in [-0.1, -0.05) is 30.4 Å². The number of nitrogens with one attached hydrogen (secondary N) is 2. The summed E-state index contributed by atoms with van der Waals surface area (Å²) < 4.78 is 5.46. The molecule has 4 heteroatoms. The van der Waals surface area contributed by atoms with Crippen molar-refractivity contribution in [2.45, 2.75) is 50.9 Å². The molecule has 0 radical (unpaired) electrons. The molecule has 3 rings (SSSR count). The highest BCUT2D eigenvalue weighted by molar-refractivity contribution is 5.90. The smallest absolute Gasteiger partial charge is 0.224 e. The van der Waals surface area contributed by atoms with Gasteiger partial charge in [0.05, 0.1) is 7.11 Å². The molecule has 4 nitrogen and oxygen atoms in total. The first-order chi connectivity index (χ1) is 13.8. The Morgan fingerprint density at radius 2 is 2.11 bits per heavy atom. The zero-order valence-electron chi connectivity index (χ0n) is 16.9. The molecule has 0 atom stereocenters. The Morgan fingerprint density at radius 3 is 2.93 bits per heavy atom. The molecule has 1 amide bonds. The highest BCUT2D eigenvalue weighted by atomic mass is 16.5. The van der Waals surface area contributed by atoms with E-state index in [-0.39, 0.29) is 5.91 Å². The second-order valence-electron chi connectivity index (χ2n) is 7.53. The number of rotatable bonds is 8. The Morgan fingerprint density at radius 1 is 1.25 bits per heavy atom. The van der Waals surface area contributed by atoms with E-state index in [0.29, 0.717) is 12.3 Å². The van der Waals surface area contributed by atoms with Gasteiger partial charge in [0, 0.05) is 12.1 Å². The fraction of sp³-hybridized carbons (Fsp3) is 0.458. The summed E-state index contributed by atoms with van der Waals surface area (Å²) in [5.41, 5.74) is 3.50. The molecule has 0 bridgehead atoms. The molecule has 2 aliphatic rings. The molecule has 150 valence electrons. The molecule has 1 aromatic carbocycles. The second-order valence-corrected chi connectivity index (χ2v) is 7.53. The minimum absolute atomic E-state index is 0.0986. The van der Waals surface area contributed by atoms with Crippen molar-refractivity contribution in [3.63, 3.8) is 0 Å². The maximum Gasteiger partial charge on any atom is 0.224 e. The average molecular weight is 381 g/mol. The number of anilines is 1. The lowest BCUT2D eigenvalue weighted by atomic mass is 9.90. The number of hydrogen-bond donors (Lipinski definition) is 2. The fourth-order valence-electron chi connectivity index (χ4n) is 3.93. The Bertz CT molecular complexity index is 743. The van der Waals surface area contributed by atoms with Crippen molar-refractivity contribution in [2.24, 2.45) is 0 Å². The summed E-state index contributed by atoms with van der Waals surface area (Å²) in [5.74, 6) is 1.64. The van der Waals surface area contributed by atoms with E-state index in [9.17, 15) is 4.79 Å². The Hall–Kier alpha value is -2.33. The van der Waals surface area contributed by atoms with Crippen LogP contribution in [0, 0.1) is 0 Å². The van der Waals surface area contributed by atoms with Crippen LogP contribution in [0.15, 0.2) is 59.9 Å². The predicted molar refractivity (Wildman–Crippen MR) is 115 cm³/mol. The third-order valence-corrected chi connectivity index (χ3v) is 5.50. The largest absolute Gasteiger partial charge is 0.496 e. The van der Waals surface area contributed by atoms with Crippen LogP contribution in [-0.2, 0) is 9.53 Å². The standard InChI is InChI=1S/C24H32N2O2/c1-28-23-12-4-2-3-8-20(23)9-5-6-13-24(27)26-22-11-7-10-21(18-22)19-14-16-25-17-15-19/h2,4,7-8,10-12,18-19,25H,3,5-6,9,13-17H2,1H3,(H,26,27). The van der Waals surface area contributed by atoms with Crippen molar-refractivity contribution in [3.05, 3.63) is 65.5 Å². The van der Waals surface area contributed by atoms with Crippen LogP contribution in [0.2, 0.25) is 0 Å². The summed E-state index contributed by atoms with van der Waals surface area (Å²) in [7, 11) is 1.71. The van der Waals surface area contributed by atoms with Crippen LogP contribution in [0.1, 0.15) is 56.4 Å². The van der Waals surface area contributed by atoms with E-state index < -0.39 is 0 Å². The molecule has 1 fully saturated rings. The summed E-state index contributed by atoms with van der Waals surface area (Å²) in [6, 6.07) is 8.37.